The molecule has 1 fully saturated rings. The van der Waals surface area contributed by atoms with Crippen molar-refractivity contribution < 1.29 is 4.79 Å². The van der Waals surface area contributed by atoms with Gasteiger partial charge in [-0.05, 0) is 19.2 Å². The lowest BCUT2D eigenvalue weighted by atomic mass is 10.2. The Morgan fingerprint density at radius 2 is 1.83 bits per heavy atom. The molecule has 1 aliphatic rings. The van der Waals surface area contributed by atoms with Gasteiger partial charge in [0.2, 0.25) is 10.8 Å². The highest BCUT2D eigenvalue weighted by Gasteiger charge is 2.26. The van der Waals surface area contributed by atoms with Gasteiger partial charge < -0.3 is 9.80 Å². The van der Waals surface area contributed by atoms with E-state index in [4.69, 9.17) is 0 Å². The van der Waals surface area contributed by atoms with Crippen molar-refractivity contribution in [3.8, 4) is 10.6 Å². The summed E-state index contributed by atoms with van der Waals surface area (Å²) in [6.45, 7) is 3.14. The molecule has 9 heteroatoms. The van der Waals surface area contributed by atoms with Gasteiger partial charge in [0.05, 0.1) is 0 Å². The van der Waals surface area contributed by atoms with Crippen molar-refractivity contribution in [2.75, 3.05) is 33.2 Å². The van der Waals surface area contributed by atoms with Crippen molar-refractivity contribution in [3.63, 3.8) is 0 Å². The number of carbonyl (C=O) groups is 1. The fourth-order valence-electron chi connectivity index (χ4n) is 2.61. The van der Waals surface area contributed by atoms with Crippen LogP contribution in [0.1, 0.15) is 10.6 Å². The van der Waals surface area contributed by atoms with Crippen LogP contribution in [0.25, 0.3) is 15.5 Å². The van der Waals surface area contributed by atoms with E-state index in [1.54, 1.807) is 4.52 Å². The molecule has 2 aromatic heterocycles. The van der Waals surface area contributed by atoms with Crippen LogP contribution < -0.4 is 0 Å². The van der Waals surface area contributed by atoms with Crippen LogP contribution in [0.15, 0.2) is 28.7 Å². The molecule has 1 amide bonds. The fraction of sp³-hybridized carbons (Fsp3) is 0.333. The van der Waals surface area contributed by atoms with Gasteiger partial charge in [0.1, 0.15) is 5.01 Å². The summed E-state index contributed by atoms with van der Waals surface area (Å²) in [6, 6.07) is 7.90. The standard InChI is InChI=1S/C15H15BrN6OS/c1-20-6-8-21(9-7-20)14(23)12-17-18-15-22(12)19-13(24-15)10-2-4-11(16)5-3-10/h2-5H,6-9H2,1H3. The number of hydrogen-bond donors (Lipinski definition) is 0. The second kappa shape index (κ2) is 6.23. The predicted octanol–water partition coefficient (Wildman–Crippen LogP) is 2.00. The largest absolute Gasteiger partial charge is 0.333 e. The number of benzene rings is 1. The third-order valence-electron chi connectivity index (χ3n) is 4.06. The topological polar surface area (TPSA) is 66.6 Å². The first-order valence-electron chi connectivity index (χ1n) is 7.58. The smallest absolute Gasteiger partial charge is 0.293 e. The quantitative estimate of drug-likeness (QED) is 0.650. The van der Waals surface area contributed by atoms with Crippen molar-refractivity contribution in [1.29, 1.82) is 0 Å². The minimum absolute atomic E-state index is 0.108. The maximum atomic E-state index is 12.7. The molecular weight excluding hydrogens is 392 g/mol. The number of halogens is 1. The molecule has 0 saturated carbocycles. The summed E-state index contributed by atoms with van der Waals surface area (Å²) in [5.74, 6) is 0.178. The van der Waals surface area contributed by atoms with Crippen molar-refractivity contribution in [2.24, 2.45) is 0 Å². The highest BCUT2D eigenvalue weighted by atomic mass is 79.9. The van der Waals surface area contributed by atoms with Crippen molar-refractivity contribution >= 4 is 38.1 Å². The predicted molar refractivity (Wildman–Crippen MR) is 95.2 cm³/mol. The van der Waals surface area contributed by atoms with Gasteiger partial charge in [0.25, 0.3) is 5.91 Å². The Bertz CT molecular complexity index is 881. The summed E-state index contributed by atoms with van der Waals surface area (Å²) in [6.07, 6.45) is 0. The molecule has 0 atom stereocenters. The van der Waals surface area contributed by atoms with Crippen LogP contribution in [0.4, 0.5) is 0 Å². The van der Waals surface area contributed by atoms with Gasteiger partial charge in [-0.25, -0.2) is 0 Å². The summed E-state index contributed by atoms with van der Waals surface area (Å²) in [5, 5.41) is 13.5. The van der Waals surface area contributed by atoms with E-state index < -0.39 is 0 Å². The summed E-state index contributed by atoms with van der Waals surface area (Å²) in [7, 11) is 2.06. The van der Waals surface area contributed by atoms with E-state index in [1.807, 2.05) is 29.2 Å². The summed E-state index contributed by atoms with van der Waals surface area (Å²) in [5.41, 5.74) is 0.992. The zero-order valence-electron chi connectivity index (χ0n) is 13.0. The molecule has 0 N–H and O–H groups in total. The SMILES string of the molecule is CN1CCN(C(=O)c2nnc3sc(-c4ccc(Br)cc4)nn23)CC1. The van der Waals surface area contributed by atoms with Crippen molar-refractivity contribution in [2.45, 2.75) is 0 Å². The fourth-order valence-corrected chi connectivity index (χ4v) is 3.72. The molecule has 0 radical (unpaired) electrons. The normalized spacial score (nSPS) is 16.0. The lowest BCUT2D eigenvalue weighted by molar-refractivity contribution is 0.0649. The Hall–Kier alpha value is -1.84. The number of aromatic nitrogens is 4. The molecule has 1 aromatic carbocycles. The lowest BCUT2D eigenvalue weighted by Crippen LogP contribution is -2.47. The number of piperazine rings is 1. The minimum atomic E-state index is -0.108. The zero-order valence-corrected chi connectivity index (χ0v) is 15.4. The number of hydrogen-bond acceptors (Lipinski definition) is 6. The minimum Gasteiger partial charge on any atom is -0.333 e. The maximum absolute atomic E-state index is 12.7. The van der Waals surface area contributed by atoms with E-state index in [1.165, 1.54) is 11.3 Å². The van der Waals surface area contributed by atoms with Crippen LogP contribution in [0, 0.1) is 0 Å². The highest BCUT2D eigenvalue weighted by molar-refractivity contribution is 9.10. The van der Waals surface area contributed by atoms with Gasteiger partial charge in [-0.2, -0.15) is 9.61 Å². The van der Waals surface area contributed by atoms with Crippen LogP contribution in [-0.4, -0.2) is 68.7 Å². The third-order valence-corrected chi connectivity index (χ3v) is 5.54. The summed E-state index contributed by atoms with van der Waals surface area (Å²) in [4.78, 5) is 17.4. The molecule has 1 aliphatic heterocycles. The summed E-state index contributed by atoms with van der Waals surface area (Å²) < 4.78 is 2.57. The maximum Gasteiger partial charge on any atom is 0.293 e. The van der Waals surface area contributed by atoms with Gasteiger partial charge in [-0.15, -0.1) is 10.2 Å². The van der Waals surface area contributed by atoms with Gasteiger partial charge in [-0.1, -0.05) is 39.4 Å². The summed E-state index contributed by atoms with van der Waals surface area (Å²) >= 11 is 4.85. The van der Waals surface area contributed by atoms with Crippen LogP contribution in [0.3, 0.4) is 0 Å². The number of rotatable bonds is 2. The van der Waals surface area contributed by atoms with E-state index in [2.05, 4.69) is 43.2 Å². The molecule has 124 valence electrons. The Labute approximate surface area is 151 Å². The molecule has 24 heavy (non-hydrogen) atoms. The Morgan fingerprint density at radius 1 is 1.12 bits per heavy atom. The van der Waals surface area contributed by atoms with Crippen LogP contribution in [0.2, 0.25) is 0 Å². The average Bonchev–Trinajstić information content (AvgIpc) is 3.16. The van der Waals surface area contributed by atoms with Gasteiger partial charge >= 0.3 is 0 Å². The first-order chi connectivity index (χ1) is 11.6. The molecule has 0 unspecified atom stereocenters. The number of amides is 1. The first kappa shape index (κ1) is 15.7. The molecular formula is C15H15BrN6OS. The molecule has 0 spiro atoms. The van der Waals surface area contributed by atoms with Gasteiger partial charge in [-0.3, -0.25) is 4.79 Å². The zero-order chi connectivity index (χ0) is 16.7. The second-order valence-electron chi connectivity index (χ2n) is 5.73. The highest BCUT2D eigenvalue weighted by Crippen LogP contribution is 2.26. The first-order valence-corrected chi connectivity index (χ1v) is 9.19. The molecule has 1 saturated heterocycles. The van der Waals surface area contributed by atoms with E-state index in [-0.39, 0.29) is 11.7 Å². The molecule has 3 aromatic rings. The van der Waals surface area contributed by atoms with Crippen molar-refractivity contribution in [3.05, 3.63) is 34.6 Å². The molecule has 0 aliphatic carbocycles. The third kappa shape index (κ3) is 2.83. The Kier molecular flexibility index (Phi) is 4.07. The van der Waals surface area contributed by atoms with Crippen molar-refractivity contribution in [1.82, 2.24) is 29.6 Å². The number of carbonyl (C=O) groups excluding carboxylic acids is 1. The number of nitrogens with zero attached hydrogens (tertiary/aromatic N) is 6. The van der Waals surface area contributed by atoms with E-state index in [0.29, 0.717) is 18.1 Å². The van der Waals surface area contributed by atoms with Crippen LogP contribution in [0.5, 0.6) is 0 Å². The van der Waals surface area contributed by atoms with E-state index in [9.17, 15) is 4.79 Å². The number of fused-ring (bicyclic) bond motifs is 1. The lowest BCUT2D eigenvalue weighted by Gasteiger charge is -2.31. The van der Waals surface area contributed by atoms with Crippen LogP contribution >= 0.6 is 27.3 Å². The molecule has 3 heterocycles. The molecule has 4 rings (SSSR count). The monoisotopic (exact) mass is 406 g/mol. The number of likely N-dealkylation sites (N-methyl/N-ethyl adjacent to an activating group) is 1. The molecule has 0 bridgehead atoms. The van der Waals surface area contributed by atoms with E-state index in [0.717, 1.165) is 28.1 Å². The average molecular weight is 407 g/mol. The Morgan fingerprint density at radius 3 is 2.54 bits per heavy atom. The van der Waals surface area contributed by atoms with Gasteiger partial charge in [0, 0.05) is 36.2 Å². The van der Waals surface area contributed by atoms with Crippen LogP contribution in [-0.2, 0) is 0 Å². The van der Waals surface area contributed by atoms with E-state index >= 15 is 0 Å². The second-order valence-corrected chi connectivity index (χ2v) is 7.60. The molecule has 7 nitrogen and oxygen atoms in total. The van der Waals surface area contributed by atoms with Gasteiger partial charge in [0.15, 0.2) is 0 Å². The Balaban J connectivity index is 1.65.